The third kappa shape index (κ3) is 4.43. The normalized spacial score (nSPS) is 17.3. The van der Waals surface area contributed by atoms with Crippen LogP contribution in [0.25, 0.3) is 0 Å². The zero-order valence-corrected chi connectivity index (χ0v) is 13.4. The van der Waals surface area contributed by atoms with E-state index >= 15 is 0 Å². The minimum Gasteiger partial charge on any atom is -0.369 e. The Kier molecular flexibility index (Phi) is 5.17. The molecule has 0 atom stereocenters. The van der Waals surface area contributed by atoms with Crippen LogP contribution in [0.2, 0.25) is 0 Å². The van der Waals surface area contributed by atoms with E-state index in [1.165, 1.54) is 0 Å². The first-order valence-corrected chi connectivity index (χ1v) is 8.06. The van der Waals surface area contributed by atoms with Crippen LogP contribution in [0.4, 0.5) is 0 Å². The largest absolute Gasteiger partial charge is 0.369 e. The molecule has 1 fully saturated rings. The van der Waals surface area contributed by atoms with Gasteiger partial charge in [-0.25, -0.2) is 0 Å². The second-order valence-corrected chi connectivity index (χ2v) is 7.44. The molecule has 1 aliphatic heterocycles. The van der Waals surface area contributed by atoms with Crippen molar-refractivity contribution in [3.05, 3.63) is 19.9 Å². The van der Waals surface area contributed by atoms with Gasteiger partial charge in [-0.15, -0.1) is 11.3 Å². The van der Waals surface area contributed by atoms with Crippen LogP contribution >= 0.6 is 33.9 Å². The van der Waals surface area contributed by atoms with E-state index in [9.17, 15) is 9.59 Å². The smallest absolute Gasteiger partial charge is 0.252 e. The highest BCUT2D eigenvalue weighted by molar-refractivity contribution is 14.1. The third-order valence-corrected chi connectivity index (χ3v) is 4.92. The molecule has 1 saturated heterocycles. The van der Waals surface area contributed by atoms with Crippen molar-refractivity contribution in [2.75, 3.05) is 19.6 Å². The van der Waals surface area contributed by atoms with Gasteiger partial charge >= 0.3 is 0 Å². The predicted molar refractivity (Wildman–Crippen MR) is 83.2 cm³/mol. The van der Waals surface area contributed by atoms with Crippen LogP contribution in [0.15, 0.2) is 11.4 Å². The second kappa shape index (κ2) is 6.67. The predicted octanol–water partition coefficient (Wildman–Crippen LogP) is 1.03. The lowest BCUT2D eigenvalue weighted by molar-refractivity contribution is -0.119. The molecule has 1 aromatic rings. The number of primary amides is 1. The van der Waals surface area contributed by atoms with Crippen molar-refractivity contribution in [3.8, 4) is 0 Å². The summed E-state index contributed by atoms with van der Waals surface area (Å²) in [5.41, 5.74) is 5.90. The van der Waals surface area contributed by atoms with Crippen molar-refractivity contribution in [1.29, 1.82) is 0 Å². The average molecular weight is 393 g/mol. The highest BCUT2D eigenvalue weighted by Crippen LogP contribution is 2.17. The fourth-order valence-corrected chi connectivity index (χ4v) is 3.48. The van der Waals surface area contributed by atoms with Gasteiger partial charge < -0.3 is 11.1 Å². The Morgan fingerprint density at radius 2 is 2.16 bits per heavy atom. The fraction of sp³-hybridized carbons (Fsp3) is 0.500. The first-order valence-electron chi connectivity index (χ1n) is 6.10. The summed E-state index contributed by atoms with van der Waals surface area (Å²) in [6.45, 7) is 1.91. The molecule has 0 aromatic carbocycles. The van der Waals surface area contributed by atoms with Crippen LogP contribution < -0.4 is 11.1 Å². The first-order chi connectivity index (χ1) is 9.04. The minimum atomic E-state index is -0.296. The molecule has 0 saturated carbocycles. The lowest BCUT2D eigenvalue weighted by Gasteiger charge is -2.31. The maximum Gasteiger partial charge on any atom is 0.252 e. The summed E-state index contributed by atoms with van der Waals surface area (Å²) in [6.07, 6.45) is 1.72. The number of carbonyl (C=O) groups excluding carboxylic acids is 2. The first kappa shape index (κ1) is 14.7. The maximum atomic E-state index is 12.0. The number of nitrogens with one attached hydrogen (secondary N) is 1. The number of halogens is 1. The number of thiophene rings is 1. The molecule has 3 N–H and O–H groups in total. The summed E-state index contributed by atoms with van der Waals surface area (Å²) < 4.78 is 1.11. The van der Waals surface area contributed by atoms with E-state index in [-0.39, 0.29) is 17.9 Å². The van der Waals surface area contributed by atoms with Gasteiger partial charge in [0.05, 0.1) is 15.0 Å². The van der Waals surface area contributed by atoms with Crippen molar-refractivity contribution < 1.29 is 9.59 Å². The van der Waals surface area contributed by atoms with E-state index < -0.39 is 0 Å². The fourth-order valence-electron chi connectivity index (χ4n) is 2.15. The number of nitrogens with zero attached hydrogens (tertiary/aromatic N) is 1. The Morgan fingerprint density at radius 1 is 1.47 bits per heavy atom. The van der Waals surface area contributed by atoms with Gasteiger partial charge in [0.2, 0.25) is 5.91 Å². The Labute approximate surface area is 129 Å². The van der Waals surface area contributed by atoms with Gasteiger partial charge in [-0.05, 0) is 41.5 Å². The van der Waals surface area contributed by atoms with Gasteiger partial charge in [0.25, 0.3) is 5.91 Å². The zero-order valence-electron chi connectivity index (χ0n) is 10.4. The monoisotopic (exact) mass is 393 g/mol. The van der Waals surface area contributed by atoms with Crippen LogP contribution in [0.3, 0.4) is 0 Å². The number of hydrogen-bond donors (Lipinski definition) is 2. The molecule has 2 heterocycles. The van der Waals surface area contributed by atoms with E-state index in [0.29, 0.717) is 6.54 Å². The molecule has 19 heavy (non-hydrogen) atoms. The van der Waals surface area contributed by atoms with Crippen LogP contribution in [-0.4, -0.2) is 42.4 Å². The van der Waals surface area contributed by atoms with Gasteiger partial charge in [0.1, 0.15) is 0 Å². The van der Waals surface area contributed by atoms with E-state index in [1.807, 2.05) is 16.3 Å². The topological polar surface area (TPSA) is 75.4 Å². The molecule has 0 spiro atoms. The summed E-state index contributed by atoms with van der Waals surface area (Å²) >= 11 is 3.77. The number of hydrogen-bond acceptors (Lipinski definition) is 4. The molecule has 0 unspecified atom stereocenters. The maximum absolute atomic E-state index is 12.0. The minimum absolute atomic E-state index is 0.00693. The van der Waals surface area contributed by atoms with E-state index in [4.69, 9.17) is 5.73 Å². The third-order valence-electron chi connectivity index (χ3n) is 3.13. The summed E-state index contributed by atoms with van der Waals surface area (Å²) in [5.74, 6) is -0.303. The molecule has 0 radical (unpaired) electrons. The van der Waals surface area contributed by atoms with Crippen LogP contribution in [0.5, 0.6) is 0 Å². The summed E-state index contributed by atoms with van der Waals surface area (Å²) in [5, 5.41) is 4.92. The lowest BCUT2D eigenvalue weighted by Crippen LogP contribution is -2.46. The molecular formula is C12H16IN3O2S. The molecule has 1 aliphatic rings. The summed E-state index contributed by atoms with van der Waals surface area (Å²) in [7, 11) is 0. The van der Waals surface area contributed by atoms with Crippen molar-refractivity contribution in [2.24, 2.45) is 5.73 Å². The number of likely N-dealkylation sites (tertiary alicyclic amines) is 1. The molecule has 104 valence electrons. The number of nitrogens with two attached hydrogens (primary N) is 1. The molecule has 1 aromatic heterocycles. The average Bonchev–Trinajstić information content (AvgIpc) is 2.78. The summed E-state index contributed by atoms with van der Waals surface area (Å²) in [6, 6.07) is 2.08. The number of piperidine rings is 1. The molecule has 5 nitrogen and oxygen atoms in total. The van der Waals surface area contributed by atoms with Crippen molar-refractivity contribution in [2.45, 2.75) is 18.9 Å². The SMILES string of the molecule is NC(=O)CN1CCC(NC(=O)c2csc(I)c2)CC1. The quantitative estimate of drug-likeness (QED) is 0.751. The number of carbonyl (C=O) groups is 2. The molecule has 2 rings (SSSR count). The van der Waals surface area contributed by atoms with Gasteiger partial charge in [-0.1, -0.05) is 0 Å². The van der Waals surface area contributed by atoms with E-state index in [2.05, 4.69) is 27.9 Å². The molecular weight excluding hydrogens is 377 g/mol. The zero-order chi connectivity index (χ0) is 13.8. The number of rotatable bonds is 4. The van der Waals surface area contributed by atoms with Crippen molar-refractivity contribution in [1.82, 2.24) is 10.2 Å². The van der Waals surface area contributed by atoms with Gasteiger partial charge in [-0.3, -0.25) is 14.5 Å². The standard InChI is InChI=1S/C12H16IN3O2S/c13-10-5-8(7-19-10)12(18)15-9-1-3-16(4-2-9)6-11(14)17/h5,7,9H,1-4,6H2,(H2,14,17)(H,15,18). The van der Waals surface area contributed by atoms with Crippen LogP contribution in [0.1, 0.15) is 23.2 Å². The Morgan fingerprint density at radius 3 is 2.68 bits per heavy atom. The molecule has 0 aliphatic carbocycles. The lowest BCUT2D eigenvalue weighted by atomic mass is 10.0. The van der Waals surface area contributed by atoms with Crippen LogP contribution in [0, 0.1) is 2.88 Å². The highest BCUT2D eigenvalue weighted by Gasteiger charge is 2.22. The molecule has 7 heteroatoms. The van der Waals surface area contributed by atoms with E-state index in [1.54, 1.807) is 11.3 Å². The Hall–Kier alpha value is -0.670. The van der Waals surface area contributed by atoms with Gasteiger partial charge in [-0.2, -0.15) is 0 Å². The summed E-state index contributed by atoms with van der Waals surface area (Å²) in [4.78, 5) is 24.8. The Balaban J connectivity index is 1.79. The van der Waals surface area contributed by atoms with Gasteiger partial charge in [0.15, 0.2) is 0 Å². The number of amides is 2. The van der Waals surface area contributed by atoms with Gasteiger partial charge in [0, 0.05) is 24.5 Å². The van der Waals surface area contributed by atoms with E-state index in [0.717, 1.165) is 34.4 Å². The van der Waals surface area contributed by atoms with Crippen LogP contribution in [-0.2, 0) is 4.79 Å². The van der Waals surface area contributed by atoms with Crippen molar-refractivity contribution in [3.63, 3.8) is 0 Å². The van der Waals surface area contributed by atoms with Crippen molar-refractivity contribution >= 4 is 45.7 Å². The molecule has 0 bridgehead atoms. The highest BCUT2D eigenvalue weighted by atomic mass is 127. The Bertz CT molecular complexity index is 469. The second-order valence-electron chi connectivity index (χ2n) is 4.63. The molecule has 2 amide bonds.